The Hall–Kier alpha value is -1.67. The number of hydrogen-bond acceptors (Lipinski definition) is 2. The summed E-state index contributed by atoms with van der Waals surface area (Å²) < 4.78 is 10.5. The highest BCUT2D eigenvalue weighted by Gasteiger charge is 2.15. The molecule has 0 amide bonds. The van der Waals surface area contributed by atoms with Crippen molar-refractivity contribution >= 4 is 11.6 Å². The summed E-state index contributed by atoms with van der Waals surface area (Å²) in [5.74, 6) is 1.40. The van der Waals surface area contributed by atoms with Crippen LogP contribution in [0.3, 0.4) is 0 Å². The van der Waals surface area contributed by atoms with E-state index in [1.54, 1.807) is 14.2 Å². The largest absolute Gasteiger partial charge is 0.493 e. The fourth-order valence-corrected chi connectivity index (χ4v) is 2.44. The highest BCUT2D eigenvalue weighted by Crippen LogP contribution is 2.36. The van der Waals surface area contributed by atoms with Crippen molar-refractivity contribution in [2.75, 3.05) is 14.2 Å². The lowest BCUT2D eigenvalue weighted by Gasteiger charge is -2.15. The Morgan fingerprint density at radius 3 is 2.26 bits per heavy atom. The van der Waals surface area contributed by atoms with Gasteiger partial charge in [0, 0.05) is 0 Å². The number of benzene rings is 2. The zero-order chi connectivity index (χ0) is 13.8. The Kier molecular flexibility index (Phi) is 4.33. The number of halogens is 1. The lowest BCUT2D eigenvalue weighted by molar-refractivity contribution is 0.354. The zero-order valence-corrected chi connectivity index (χ0v) is 12.1. The summed E-state index contributed by atoms with van der Waals surface area (Å²) in [6, 6.07) is 13.9. The molecule has 0 radical (unpaired) electrons. The van der Waals surface area contributed by atoms with Gasteiger partial charge in [0.1, 0.15) is 0 Å². The fraction of sp³-hybridized carbons (Fsp3) is 0.250. The molecule has 3 heteroatoms. The molecule has 1 unspecified atom stereocenters. The molecule has 19 heavy (non-hydrogen) atoms. The number of alkyl halides is 1. The van der Waals surface area contributed by atoms with E-state index in [9.17, 15) is 0 Å². The van der Waals surface area contributed by atoms with Gasteiger partial charge in [-0.25, -0.2) is 0 Å². The third kappa shape index (κ3) is 2.85. The quantitative estimate of drug-likeness (QED) is 0.774. The summed E-state index contributed by atoms with van der Waals surface area (Å²) in [4.78, 5) is 0. The normalized spacial score (nSPS) is 12.0. The number of hydrogen-bond donors (Lipinski definition) is 0. The van der Waals surface area contributed by atoms with Gasteiger partial charge in [0.15, 0.2) is 11.5 Å². The van der Waals surface area contributed by atoms with E-state index in [4.69, 9.17) is 21.1 Å². The first-order valence-corrected chi connectivity index (χ1v) is 6.52. The second kappa shape index (κ2) is 5.98. The van der Waals surface area contributed by atoms with E-state index in [-0.39, 0.29) is 5.38 Å². The van der Waals surface area contributed by atoms with Crippen LogP contribution in [-0.4, -0.2) is 14.2 Å². The first-order valence-electron chi connectivity index (χ1n) is 6.09. The van der Waals surface area contributed by atoms with Crippen LogP contribution in [0.25, 0.3) is 0 Å². The van der Waals surface area contributed by atoms with Crippen LogP contribution in [0.15, 0.2) is 42.5 Å². The van der Waals surface area contributed by atoms with Crippen molar-refractivity contribution in [3.8, 4) is 11.5 Å². The third-order valence-electron chi connectivity index (χ3n) is 3.16. The van der Waals surface area contributed by atoms with Crippen molar-refractivity contribution in [1.29, 1.82) is 0 Å². The molecule has 0 aromatic heterocycles. The highest BCUT2D eigenvalue weighted by molar-refractivity contribution is 6.22. The van der Waals surface area contributed by atoms with Gasteiger partial charge in [-0.05, 0) is 35.7 Å². The van der Waals surface area contributed by atoms with Crippen LogP contribution < -0.4 is 9.47 Å². The molecule has 0 aliphatic rings. The molecule has 0 saturated heterocycles. The molecule has 0 heterocycles. The van der Waals surface area contributed by atoms with Gasteiger partial charge in [-0.3, -0.25) is 0 Å². The van der Waals surface area contributed by atoms with Gasteiger partial charge in [-0.15, -0.1) is 11.6 Å². The van der Waals surface area contributed by atoms with Gasteiger partial charge < -0.3 is 9.47 Å². The van der Waals surface area contributed by atoms with Crippen molar-refractivity contribution in [1.82, 2.24) is 0 Å². The van der Waals surface area contributed by atoms with E-state index in [1.165, 1.54) is 5.56 Å². The van der Waals surface area contributed by atoms with E-state index in [0.29, 0.717) is 11.5 Å². The van der Waals surface area contributed by atoms with Crippen LogP contribution in [0, 0.1) is 6.92 Å². The number of rotatable bonds is 4. The van der Waals surface area contributed by atoms with Crippen LogP contribution in [0.1, 0.15) is 22.1 Å². The van der Waals surface area contributed by atoms with Crippen molar-refractivity contribution in [3.63, 3.8) is 0 Å². The fourth-order valence-electron chi connectivity index (χ4n) is 2.06. The summed E-state index contributed by atoms with van der Waals surface area (Å²) in [5.41, 5.74) is 3.28. The molecule has 2 nitrogen and oxygen atoms in total. The molecule has 0 fully saturated rings. The summed E-state index contributed by atoms with van der Waals surface area (Å²) >= 11 is 6.56. The molecular formula is C16H17ClO2. The number of ether oxygens (including phenoxy) is 2. The van der Waals surface area contributed by atoms with E-state index in [1.807, 2.05) is 36.4 Å². The molecule has 2 rings (SSSR count). The van der Waals surface area contributed by atoms with Crippen molar-refractivity contribution in [2.24, 2.45) is 0 Å². The summed E-state index contributed by atoms with van der Waals surface area (Å²) in [6.07, 6.45) is 0. The van der Waals surface area contributed by atoms with E-state index in [2.05, 4.69) is 13.0 Å². The molecule has 0 aliphatic heterocycles. The van der Waals surface area contributed by atoms with Crippen LogP contribution in [0.2, 0.25) is 0 Å². The van der Waals surface area contributed by atoms with Gasteiger partial charge in [-0.1, -0.05) is 30.3 Å². The van der Waals surface area contributed by atoms with Gasteiger partial charge >= 0.3 is 0 Å². The topological polar surface area (TPSA) is 18.5 Å². The smallest absolute Gasteiger partial charge is 0.161 e. The van der Waals surface area contributed by atoms with Crippen LogP contribution in [0.4, 0.5) is 0 Å². The van der Waals surface area contributed by atoms with Gasteiger partial charge in [0.2, 0.25) is 0 Å². The maximum atomic E-state index is 6.56. The second-order valence-electron chi connectivity index (χ2n) is 4.33. The molecule has 0 N–H and O–H groups in total. The Labute approximate surface area is 118 Å². The maximum absolute atomic E-state index is 6.56. The van der Waals surface area contributed by atoms with Crippen molar-refractivity contribution < 1.29 is 9.47 Å². The minimum atomic E-state index is -0.194. The Bertz CT molecular complexity index is 566. The average Bonchev–Trinajstić information content (AvgIpc) is 2.46. The van der Waals surface area contributed by atoms with Gasteiger partial charge in [0.05, 0.1) is 19.6 Å². The van der Waals surface area contributed by atoms with Crippen LogP contribution in [-0.2, 0) is 0 Å². The van der Waals surface area contributed by atoms with Crippen LogP contribution in [0.5, 0.6) is 11.5 Å². The van der Waals surface area contributed by atoms with E-state index in [0.717, 1.165) is 11.1 Å². The lowest BCUT2D eigenvalue weighted by atomic mass is 10.00. The lowest BCUT2D eigenvalue weighted by Crippen LogP contribution is -1.98. The second-order valence-corrected chi connectivity index (χ2v) is 4.77. The highest BCUT2D eigenvalue weighted by atomic mass is 35.5. The molecule has 0 saturated carbocycles. The molecule has 100 valence electrons. The average molecular weight is 277 g/mol. The minimum absolute atomic E-state index is 0.194. The number of aryl methyl sites for hydroxylation is 1. The summed E-state index contributed by atoms with van der Waals surface area (Å²) in [7, 11) is 3.25. The molecule has 2 aromatic rings. The van der Waals surface area contributed by atoms with Gasteiger partial charge in [0.25, 0.3) is 0 Å². The van der Waals surface area contributed by atoms with Crippen molar-refractivity contribution in [2.45, 2.75) is 12.3 Å². The molecule has 0 bridgehead atoms. The standard InChI is InChI=1S/C16H17ClO2/c1-11-6-4-5-7-13(11)16(17)12-8-9-14(18-2)15(10-12)19-3/h4-10,16H,1-3H3. The molecule has 0 aliphatic carbocycles. The minimum Gasteiger partial charge on any atom is -0.493 e. The molecule has 2 aromatic carbocycles. The first-order chi connectivity index (χ1) is 9.17. The Balaban J connectivity index is 2.39. The van der Waals surface area contributed by atoms with Crippen LogP contribution >= 0.6 is 11.6 Å². The Morgan fingerprint density at radius 1 is 0.947 bits per heavy atom. The molecule has 0 spiro atoms. The monoisotopic (exact) mass is 276 g/mol. The predicted molar refractivity (Wildman–Crippen MR) is 78.4 cm³/mol. The maximum Gasteiger partial charge on any atom is 0.161 e. The van der Waals surface area contributed by atoms with E-state index < -0.39 is 0 Å². The first kappa shape index (κ1) is 13.8. The Morgan fingerprint density at radius 2 is 1.63 bits per heavy atom. The SMILES string of the molecule is COc1ccc(C(Cl)c2ccccc2C)cc1OC. The third-order valence-corrected chi connectivity index (χ3v) is 3.65. The summed E-state index contributed by atoms with van der Waals surface area (Å²) in [6.45, 7) is 2.06. The van der Waals surface area contributed by atoms with Gasteiger partial charge in [-0.2, -0.15) is 0 Å². The zero-order valence-electron chi connectivity index (χ0n) is 11.3. The molecular weight excluding hydrogens is 260 g/mol. The van der Waals surface area contributed by atoms with E-state index >= 15 is 0 Å². The number of methoxy groups -OCH3 is 2. The predicted octanol–water partition coefficient (Wildman–Crippen LogP) is 4.34. The van der Waals surface area contributed by atoms with Crippen molar-refractivity contribution in [3.05, 3.63) is 59.2 Å². The molecule has 1 atom stereocenters. The summed E-state index contributed by atoms with van der Waals surface area (Å²) in [5, 5.41) is -0.194.